The van der Waals surface area contributed by atoms with E-state index in [2.05, 4.69) is 14.9 Å². The summed E-state index contributed by atoms with van der Waals surface area (Å²) < 4.78 is 41.2. The molecule has 2 rings (SSSR count). The largest absolute Gasteiger partial charge is 0.401 e. The van der Waals surface area contributed by atoms with Crippen LogP contribution in [0.2, 0.25) is 0 Å². The van der Waals surface area contributed by atoms with E-state index in [0.29, 0.717) is 12.2 Å². The Morgan fingerprint density at radius 3 is 2.72 bits per heavy atom. The summed E-state index contributed by atoms with van der Waals surface area (Å²) >= 11 is 1.19. The number of rotatable bonds is 6. The lowest BCUT2D eigenvalue weighted by Crippen LogP contribution is -2.35. The van der Waals surface area contributed by atoms with Gasteiger partial charge in [-0.15, -0.1) is 5.10 Å². The van der Waals surface area contributed by atoms with Gasteiger partial charge in [0.2, 0.25) is 0 Å². The maximum atomic E-state index is 12.5. The Hall–Kier alpha value is -0.890. The van der Waals surface area contributed by atoms with Gasteiger partial charge >= 0.3 is 6.18 Å². The zero-order valence-corrected chi connectivity index (χ0v) is 10.8. The highest BCUT2D eigenvalue weighted by Gasteiger charge is 2.38. The molecule has 0 unspecified atom stereocenters. The number of nitrogens with zero attached hydrogens (tertiary/aromatic N) is 3. The first-order chi connectivity index (χ1) is 8.49. The highest BCUT2D eigenvalue weighted by molar-refractivity contribution is 7.10. The topological polar surface area (TPSA) is 41.1 Å². The van der Waals surface area contributed by atoms with Gasteiger partial charge in [-0.3, -0.25) is 4.90 Å². The molecule has 1 N–H and O–H groups in total. The number of nitrogens with one attached hydrogen (secondary N) is 1. The SMILES string of the molecule is CCNc1snnc1CN(CC(F)(F)F)C1CC1. The molecule has 0 aliphatic heterocycles. The number of hydrogen-bond acceptors (Lipinski definition) is 5. The lowest BCUT2D eigenvalue weighted by molar-refractivity contribution is -0.148. The standard InChI is InChI=1S/C10H15F3N4S/c1-2-14-9-8(15-16-18-9)5-17(7-3-4-7)6-10(11,12)13/h7,14H,2-6H2,1H3. The van der Waals surface area contributed by atoms with Crippen LogP contribution in [0.5, 0.6) is 0 Å². The van der Waals surface area contributed by atoms with Crippen LogP contribution >= 0.6 is 11.5 Å². The molecule has 1 aromatic rings. The van der Waals surface area contributed by atoms with Gasteiger partial charge in [-0.1, -0.05) is 4.49 Å². The third-order valence-corrected chi connectivity index (χ3v) is 3.42. The monoisotopic (exact) mass is 280 g/mol. The molecule has 0 aromatic carbocycles. The molecule has 4 nitrogen and oxygen atoms in total. The van der Waals surface area contributed by atoms with Crippen LogP contribution in [0.4, 0.5) is 18.2 Å². The third-order valence-electron chi connectivity index (χ3n) is 2.69. The molecule has 1 aliphatic rings. The van der Waals surface area contributed by atoms with Gasteiger partial charge in [-0.25, -0.2) is 0 Å². The van der Waals surface area contributed by atoms with Crippen LogP contribution in [-0.4, -0.2) is 39.8 Å². The zero-order chi connectivity index (χ0) is 13.2. The molecule has 1 fully saturated rings. The molecule has 0 radical (unpaired) electrons. The summed E-state index contributed by atoms with van der Waals surface area (Å²) in [6, 6.07) is 0.0443. The fourth-order valence-electron chi connectivity index (χ4n) is 1.78. The molecule has 1 heterocycles. The normalized spacial score (nSPS) is 16.3. The van der Waals surface area contributed by atoms with Gasteiger partial charge < -0.3 is 5.32 Å². The Morgan fingerprint density at radius 2 is 2.17 bits per heavy atom. The number of hydrogen-bond donors (Lipinski definition) is 1. The molecule has 0 atom stereocenters. The first kappa shape index (κ1) is 13.5. The van der Waals surface area contributed by atoms with E-state index in [4.69, 9.17) is 0 Å². The summed E-state index contributed by atoms with van der Waals surface area (Å²) in [5.74, 6) is 0. The molecule has 0 bridgehead atoms. The predicted octanol–water partition coefficient (Wildman–Crippen LogP) is 2.50. The van der Waals surface area contributed by atoms with Crippen LogP contribution in [0.25, 0.3) is 0 Å². The minimum Gasteiger partial charge on any atom is -0.374 e. The number of aromatic nitrogens is 2. The van der Waals surface area contributed by atoms with Gasteiger partial charge in [0.25, 0.3) is 0 Å². The number of alkyl halides is 3. The molecule has 0 amide bonds. The average Bonchev–Trinajstić information content (AvgIpc) is 3.01. The van der Waals surface area contributed by atoms with Gasteiger partial charge in [-0.2, -0.15) is 13.2 Å². The van der Waals surface area contributed by atoms with Crippen molar-refractivity contribution in [2.75, 3.05) is 18.4 Å². The van der Waals surface area contributed by atoms with Gasteiger partial charge in [0.05, 0.1) is 6.54 Å². The highest BCUT2D eigenvalue weighted by Crippen LogP contribution is 2.32. The molecule has 0 spiro atoms. The second-order valence-corrected chi connectivity index (χ2v) is 5.08. The van der Waals surface area contributed by atoms with E-state index in [1.807, 2.05) is 6.92 Å². The second kappa shape index (κ2) is 5.40. The highest BCUT2D eigenvalue weighted by atomic mass is 32.1. The molecule has 1 aromatic heterocycles. The Morgan fingerprint density at radius 1 is 1.44 bits per heavy atom. The van der Waals surface area contributed by atoms with Gasteiger partial charge in [0.15, 0.2) is 0 Å². The molecule has 18 heavy (non-hydrogen) atoms. The summed E-state index contributed by atoms with van der Waals surface area (Å²) in [7, 11) is 0. The van der Waals surface area contributed by atoms with Crippen molar-refractivity contribution < 1.29 is 13.2 Å². The zero-order valence-electron chi connectivity index (χ0n) is 10.00. The van der Waals surface area contributed by atoms with E-state index in [9.17, 15) is 13.2 Å². The lowest BCUT2D eigenvalue weighted by Gasteiger charge is -2.22. The van der Waals surface area contributed by atoms with Crippen molar-refractivity contribution in [1.29, 1.82) is 0 Å². The van der Waals surface area contributed by atoms with Crippen LogP contribution in [0.3, 0.4) is 0 Å². The molecular formula is C10H15F3N4S. The second-order valence-electron chi connectivity index (χ2n) is 4.33. The van der Waals surface area contributed by atoms with Crippen molar-refractivity contribution in [3.05, 3.63) is 5.69 Å². The first-order valence-electron chi connectivity index (χ1n) is 5.85. The van der Waals surface area contributed by atoms with E-state index in [1.54, 1.807) is 0 Å². The Labute approximate surface area is 107 Å². The minimum atomic E-state index is -4.16. The van der Waals surface area contributed by atoms with Gasteiger partial charge in [-0.05, 0) is 19.8 Å². The molecule has 102 valence electrons. The fraction of sp³-hybridized carbons (Fsp3) is 0.800. The van der Waals surface area contributed by atoms with Crippen molar-refractivity contribution in [2.45, 2.75) is 38.5 Å². The van der Waals surface area contributed by atoms with Crippen molar-refractivity contribution in [1.82, 2.24) is 14.5 Å². The van der Waals surface area contributed by atoms with Crippen LogP contribution < -0.4 is 5.32 Å². The van der Waals surface area contributed by atoms with E-state index in [-0.39, 0.29) is 12.6 Å². The van der Waals surface area contributed by atoms with E-state index < -0.39 is 12.7 Å². The summed E-state index contributed by atoms with van der Waals surface area (Å²) in [6.07, 6.45) is -2.49. The van der Waals surface area contributed by atoms with Crippen LogP contribution in [-0.2, 0) is 6.54 Å². The predicted molar refractivity (Wildman–Crippen MR) is 63.6 cm³/mol. The molecular weight excluding hydrogens is 265 g/mol. The smallest absolute Gasteiger partial charge is 0.374 e. The Kier molecular flexibility index (Phi) is 4.06. The maximum absolute atomic E-state index is 12.5. The number of halogens is 3. The van der Waals surface area contributed by atoms with Gasteiger partial charge in [0, 0.05) is 30.7 Å². The molecule has 8 heteroatoms. The lowest BCUT2D eigenvalue weighted by atomic mass is 10.3. The molecule has 0 saturated heterocycles. The Balaban J connectivity index is 2.01. The summed E-state index contributed by atoms with van der Waals surface area (Å²) in [5.41, 5.74) is 0.609. The summed E-state index contributed by atoms with van der Waals surface area (Å²) in [6.45, 7) is 1.97. The van der Waals surface area contributed by atoms with Crippen molar-refractivity contribution in [2.24, 2.45) is 0 Å². The molecule has 1 saturated carbocycles. The van der Waals surface area contributed by atoms with E-state index in [0.717, 1.165) is 17.8 Å². The van der Waals surface area contributed by atoms with Crippen molar-refractivity contribution >= 4 is 16.5 Å². The maximum Gasteiger partial charge on any atom is 0.401 e. The van der Waals surface area contributed by atoms with Crippen LogP contribution in [0.15, 0.2) is 0 Å². The van der Waals surface area contributed by atoms with Gasteiger partial charge in [0.1, 0.15) is 10.7 Å². The summed E-state index contributed by atoms with van der Waals surface area (Å²) in [4.78, 5) is 1.44. The quantitative estimate of drug-likeness (QED) is 0.869. The minimum absolute atomic E-state index is 0.0443. The average molecular weight is 280 g/mol. The molecule has 1 aliphatic carbocycles. The van der Waals surface area contributed by atoms with E-state index in [1.165, 1.54) is 16.4 Å². The Bertz CT molecular complexity index is 389. The fourth-order valence-corrected chi connectivity index (χ4v) is 2.42. The van der Waals surface area contributed by atoms with Crippen LogP contribution in [0, 0.1) is 0 Å². The third kappa shape index (κ3) is 3.81. The van der Waals surface area contributed by atoms with Crippen LogP contribution in [0.1, 0.15) is 25.5 Å². The first-order valence-corrected chi connectivity index (χ1v) is 6.63. The van der Waals surface area contributed by atoms with Crippen molar-refractivity contribution in [3.63, 3.8) is 0 Å². The van der Waals surface area contributed by atoms with E-state index >= 15 is 0 Å². The summed E-state index contributed by atoms with van der Waals surface area (Å²) in [5, 5.41) is 7.75. The number of anilines is 1. The van der Waals surface area contributed by atoms with Crippen molar-refractivity contribution in [3.8, 4) is 0 Å².